The summed E-state index contributed by atoms with van der Waals surface area (Å²) in [7, 11) is 0. The third-order valence-corrected chi connectivity index (χ3v) is 2.50. The lowest BCUT2D eigenvalue weighted by Gasteiger charge is -2.00. The Kier molecular flexibility index (Phi) is 3.31. The molecule has 0 aromatic heterocycles. The Hall–Kier alpha value is -2.73. The largest absolute Gasteiger partial charge is 0.285 e. The predicted molar refractivity (Wildman–Crippen MR) is 66.3 cm³/mol. The third kappa shape index (κ3) is 2.33. The van der Waals surface area contributed by atoms with E-state index in [1.807, 2.05) is 6.07 Å². The summed E-state index contributed by atoms with van der Waals surface area (Å²) in [5, 5.41) is 8.75. The molecule has 0 amide bonds. The molecule has 0 atom stereocenters. The molecule has 18 heavy (non-hydrogen) atoms. The van der Waals surface area contributed by atoms with Crippen LogP contribution in [0.15, 0.2) is 54.6 Å². The Balaban J connectivity index is 2.32. The predicted octanol–water partition coefficient (Wildman–Crippen LogP) is 2.62. The molecule has 3 heteroatoms. The van der Waals surface area contributed by atoms with Gasteiger partial charge in [-0.15, -0.1) is 0 Å². The number of Topliss-reactive ketones (excluding diaryl/α,β-unsaturated/α-hetero) is 2. The van der Waals surface area contributed by atoms with Crippen LogP contribution in [0.25, 0.3) is 0 Å². The molecule has 0 unspecified atom stereocenters. The molecule has 0 bridgehead atoms. The van der Waals surface area contributed by atoms with E-state index in [2.05, 4.69) is 0 Å². The Bertz CT molecular complexity index is 639. The maximum Gasteiger partial charge on any atom is 0.233 e. The molecule has 0 fully saturated rings. The van der Waals surface area contributed by atoms with Gasteiger partial charge in [-0.05, 0) is 12.1 Å². The average Bonchev–Trinajstić information content (AvgIpc) is 2.46. The zero-order valence-electron chi connectivity index (χ0n) is 9.46. The smallest absolute Gasteiger partial charge is 0.233 e. The monoisotopic (exact) mass is 235 g/mol. The summed E-state index contributed by atoms with van der Waals surface area (Å²) >= 11 is 0. The molecule has 0 aliphatic carbocycles. The fourth-order valence-electron chi connectivity index (χ4n) is 1.58. The van der Waals surface area contributed by atoms with Gasteiger partial charge in [0.1, 0.15) is 0 Å². The Morgan fingerprint density at radius 2 is 1.44 bits per heavy atom. The molecular weight excluding hydrogens is 226 g/mol. The van der Waals surface area contributed by atoms with Gasteiger partial charge in [-0.25, -0.2) is 0 Å². The lowest BCUT2D eigenvalue weighted by atomic mass is 10.0. The van der Waals surface area contributed by atoms with Crippen LogP contribution in [0.4, 0.5) is 0 Å². The van der Waals surface area contributed by atoms with Gasteiger partial charge in [0.15, 0.2) is 0 Å². The molecule has 0 heterocycles. The maximum absolute atomic E-state index is 12.0. The number of carbonyl (C=O) groups is 2. The van der Waals surface area contributed by atoms with Crippen LogP contribution >= 0.6 is 0 Å². The summed E-state index contributed by atoms with van der Waals surface area (Å²) in [5.74, 6) is -1.16. The molecule has 2 aromatic carbocycles. The van der Waals surface area contributed by atoms with Crippen LogP contribution in [0.2, 0.25) is 0 Å². The van der Waals surface area contributed by atoms with Crippen LogP contribution in [-0.4, -0.2) is 11.6 Å². The van der Waals surface area contributed by atoms with Crippen molar-refractivity contribution in [3.8, 4) is 6.07 Å². The summed E-state index contributed by atoms with van der Waals surface area (Å²) in [4.78, 5) is 23.9. The van der Waals surface area contributed by atoms with E-state index in [0.29, 0.717) is 11.1 Å². The Morgan fingerprint density at radius 1 is 0.833 bits per heavy atom. The van der Waals surface area contributed by atoms with Crippen molar-refractivity contribution in [3.05, 3.63) is 71.3 Å². The van der Waals surface area contributed by atoms with Crippen LogP contribution < -0.4 is 0 Å². The summed E-state index contributed by atoms with van der Waals surface area (Å²) in [6.45, 7) is 0. The van der Waals surface area contributed by atoms with E-state index >= 15 is 0 Å². The minimum atomic E-state index is -0.599. The van der Waals surface area contributed by atoms with Crippen molar-refractivity contribution < 1.29 is 9.59 Å². The van der Waals surface area contributed by atoms with Gasteiger partial charge in [0, 0.05) is 11.1 Å². The lowest BCUT2D eigenvalue weighted by Crippen LogP contribution is -2.14. The van der Waals surface area contributed by atoms with Crippen LogP contribution in [0.3, 0.4) is 0 Å². The van der Waals surface area contributed by atoms with Crippen molar-refractivity contribution in [2.24, 2.45) is 0 Å². The number of benzene rings is 2. The van der Waals surface area contributed by atoms with Crippen LogP contribution in [-0.2, 0) is 0 Å². The molecule has 0 saturated carbocycles. The van der Waals surface area contributed by atoms with E-state index < -0.39 is 11.6 Å². The van der Waals surface area contributed by atoms with Crippen LogP contribution in [0.1, 0.15) is 26.3 Å². The third-order valence-electron chi connectivity index (χ3n) is 2.50. The van der Waals surface area contributed by atoms with E-state index in [9.17, 15) is 9.59 Å². The second-order valence-corrected chi connectivity index (χ2v) is 3.72. The van der Waals surface area contributed by atoms with Crippen LogP contribution in [0, 0.1) is 11.3 Å². The summed E-state index contributed by atoms with van der Waals surface area (Å²) < 4.78 is 0. The van der Waals surface area contributed by atoms with Crippen molar-refractivity contribution in [1.82, 2.24) is 0 Å². The SMILES string of the molecule is N#Cc1cccc(C(=O)C(=O)c2ccccc2)c1. The molecule has 0 saturated heterocycles. The van der Waals surface area contributed by atoms with Gasteiger partial charge in [-0.2, -0.15) is 5.26 Å². The first kappa shape index (κ1) is 11.7. The van der Waals surface area contributed by atoms with E-state index in [1.54, 1.807) is 42.5 Å². The molecule has 0 aliphatic heterocycles. The molecule has 0 N–H and O–H groups in total. The molecule has 2 aromatic rings. The molecule has 0 spiro atoms. The van der Waals surface area contributed by atoms with E-state index in [0.717, 1.165) is 0 Å². The minimum Gasteiger partial charge on any atom is -0.285 e. The number of nitriles is 1. The number of rotatable bonds is 3. The highest BCUT2D eigenvalue weighted by atomic mass is 16.2. The molecule has 86 valence electrons. The van der Waals surface area contributed by atoms with Gasteiger partial charge < -0.3 is 0 Å². The zero-order valence-corrected chi connectivity index (χ0v) is 9.46. The minimum absolute atomic E-state index is 0.239. The number of carbonyl (C=O) groups excluding carboxylic acids is 2. The second kappa shape index (κ2) is 5.07. The first-order valence-electron chi connectivity index (χ1n) is 5.36. The van der Waals surface area contributed by atoms with Crippen molar-refractivity contribution in [2.75, 3.05) is 0 Å². The van der Waals surface area contributed by atoms with Crippen molar-refractivity contribution in [2.45, 2.75) is 0 Å². The van der Waals surface area contributed by atoms with Crippen molar-refractivity contribution in [1.29, 1.82) is 5.26 Å². The fraction of sp³-hybridized carbons (Fsp3) is 0. The molecular formula is C15H9NO2. The van der Waals surface area contributed by atoms with E-state index in [-0.39, 0.29) is 5.56 Å². The van der Waals surface area contributed by atoms with Gasteiger partial charge in [0.25, 0.3) is 0 Å². The van der Waals surface area contributed by atoms with Crippen molar-refractivity contribution in [3.63, 3.8) is 0 Å². The lowest BCUT2D eigenvalue weighted by molar-refractivity contribution is 0.0817. The molecule has 0 aliphatic rings. The Morgan fingerprint density at radius 3 is 2.11 bits per heavy atom. The first-order chi connectivity index (χ1) is 8.72. The highest BCUT2D eigenvalue weighted by molar-refractivity contribution is 6.49. The van der Waals surface area contributed by atoms with Gasteiger partial charge in [-0.1, -0.05) is 42.5 Å². The fourth-order valence-corrected chi connectivity index (χ4v) is 1.58. The van der Waals surface area contributed by atoms with Gasteiger partial charge in [0.05, 0.1) is 11.6 Å². The quantitative estimate of drug-likeness (QED) is 0.607. The van der Waals surface area contributed by atoms with E-state index in [4.69, 9.17) is 5.26 Å². The first-order valence-corrected chi connectivity index (χ1v) is 5.36. The number of ketones is 2. The standard InChI is InChI=1S/C15H9NO2/c16-10-11-5-4-8-13(9-11)15(18)14(17)12-6-2-1-3-7-12/h1-9H. The highest BCUT2D eigenvalue weighted by Crippen LogP contribution is 2.09. The molecule has 3 nitrogen and oxygen atoms in total. The van der Waals surface area contributed by atoms with Crippen LogP contribution in [0.5, 0.6) is 0 Å². The average molecular weight is 235 g/mol. The molecule has 2 rings (SSSR count). The second-order valence-electron chi connectivity index (χ2n) is 3.72. The van der Waals surface area contributed by atoms with Gasteiger partial charge >= 0.3 is 0 Å². The van der Waals surface area contributed by atoms with Crippen molar-refractivity contribution >= 4 is 11.6 Å². The summed E-state index contributed by atoms with van der Waals surface area (Å²) in [5.41, 5.74) is 0.953. The number of hydrogen-bond donors (Lipinski definition) is 0. The number of nitrogens with zero attached hydrogens (tertiary/aromatic N) is 1. The normalized spacial score (nSPS) is 9.50. The molecule has 0 radical (unpaired) electrons. The number of hydrogen-bond acceptors (Lipinski definition) is 3. The Labute approximate surface area is 104 Å². The topological polar surface area (TPSA) is 57.9 Å². The zero-order chi connectivity index (χ0) is 13.0. The summed E-state index contributed by atoms with van der Waals surface area (Å²) in [6.07, 6.45) is 0. The van der Waals surface area contributed by atoms with Gasteiger partial charge in [-0.3, -0.25) is 9.59 Å². The summed E-state index contributed by atoms with van der Waals surface area (Å²) in [6, 6.07) is 16.4. The van der Waals surface area contributed by atoms with E-state index in [1.165, 1.54) is 12.1 Å². The highest BCUT2D eigenvalue weighted by Gasteiger charge is 2.17. The maximum atomic E-state index is 12.0. The van der Waals surface area contributed by atoms with Gasteiger partial charge in [0.2, 0.25) is 11.6 Å².